The molecule has 1 aromatic rings. The van der Waals surface area contributed by atoms with Crippen LogP contribution in [0.2, 0.25) is 0 Å². The number of benzene rings is 1. The van der Waals surface area contributed by atoms with Crippen LogP contribution in [0.1, 0.15) is 31.2 Å². The largest absolute Gasteiger partial charge is 0.354 e. The van der Waals surface area contributed by atoms with Crippen molar-refractivity contribution < 1.29 is 9.18 Å². The second-order valence-electron chi connectivity index (χ2n) is 5.77. The predicted molar refractivity (Wildman–Crippen MR) is 71.0 cm³/mol. The molecule has 0 heterocycles. The fraction of sp³-hybridized carbons (Fsp3) is 0.533. The molecule has 3 nitrogen and oxygen atoms in total. The topological polar surface area (TPSA) is 55.1 Å². The van der Waals surface area contributed by atoms with Crippen molar-refractivity contribution >= 4 is 5.91 Å². The second-order valence-corrected chi connectivity index (χ2v) is 5.77. The molecule has 1 atom stereocenters. The highest BCUT2D eigenvalue weighted by atomic mass is 19.1. The van der Waals surface area contributed by atoms with Gasteiger partial charge >= 0.3 is 0 Å². The van der Waals surface area contributed by atoms with Crippen molar-refractivity contribution in [1.82, 2.24) is 5.32 Å². The first-order valence-corrected chi connectivity index (χ1v) is 6.92. The van der Waals surface area contributed by atoms with Crippen molar-refractivity contribution in [2.24, 2.45) is 11.7 Å². The molecule has 102 valence electrons. The van der Waals surface area contributed by atoms with E-state index in [0.29, 0.717) is 18.0 Å². The summed E-state index contributed by atoms with van der Waals surface area (Å²) in [6.45, 7) is 0.500. The molecule has 0 aliphatic heterocycles. The van der Waals surface area contributed by atoms with E-state index in [2.05, 4.69) is 5.32 Å². The minimum Gasteiger partial charge on any atom is -0.354 e. The van der Waals surface area contributed by atoms with Gasteiger partial charge in [-0.25, -0.2) is 4.39 Å². The molecule has 4 heteroatoms. The standard InChI is InChI=1S/C15H19FN2O/c16-12-4-2-1-3-11(12)15(7-8-15)14(19)18-9-13(17)10-5-6-10/h1-4,10,13H,5-9,17H2,(H,18,19). The van der Waals surface area contributed by atoms with Crippen LogP contribution in [0.15, 0.2) is 24.3 Å². The zero-order valence-corrected chi connectivity index (χ0v) is 10.9. The van der Waals surface area contributed by atoms with Gasteiger partial charge in [-0.15, -0.1) is 0 Å². The molecule has 1 amide bonds. The summed E-state index contributed by atoms with van der Waals surface area (Å²) < 4.78 is 13.8. The van der Waals surface area contributed by atoms with Gasteiger partial charge in [-0.3, -0.25) is 4.79 Å². The molecule has 0 bridgehead atoms. The molecular weight excluding hydrogens is 243 g/mol. The Morgan fingerprint density at radius 3 is 2.68 bits per heavy atom. The maximum absolute atomic E-state index is 13.8. The van der Waals surface area contributed by atoms with E-state index in [9.17, 15) is 9.18 Å². The summed E-state index contributed by atoms with van der Waals surface area (Å²) >= 11 is 0. The van der Waals surface area contributed by atoms with Crippen molar-refractivity contribution in [2.75, 3.05) is 6.54 Å². The first-order valence-electron chi connectivity index (χ1n) is 6.92. The van der Waals surface area contributed by atoms with E-state index in [1.54, 1.807) is 18.2 Å². The summed E-state index contributed by atoms with van der Waals surface area (Å²) in [6, 6.07) is 6.60. The Morgan fingerprint density at radius 1 is 1.42 bits per heavy atom. The highest BCUT2D eigenvalue weighted by Gasteiger charge is 2.52. The third-order valence-electron chi connectivity index (χ3n) is 4.30. The quantitative estimate of drug-likeness (QED) is 0.848. The van der Waals surface area contributed by atoms with Crippen LogP contribution in [0, 0.1) is 11.7 Å². The van der Waals surface area contributed by atoms with Gasteiger partial charge < -0.3 is 11.1 Å². The third kappa shape index (κ3) is 2.37. The number of halogens is 1. The van der Waals surface area contributed by atoms with E-state index >= 15 is 0 Å². The summed E-state index contributed by atoms with van der Waals surface area (Å²) in [4.78, 5) is 12.3. The Balaban J connectivity index is 1.67. The van der Waals surface area contributed by atoms with Gasteiger partial charge in [-0.1, -0.05) is 18.2 Å². The van der Waals surface area contributed by atoms with Gasteiger partial charge in [-0.05, 0) is 37.7 Å². The number of nitrogens with one attached hydrogen (secondary N) is 1. The Kier molecular flexibility index (Phi) is 3.05. The normalized spacial score (nSPS) is 21.8. The zero-order chi connectivity index (χ0) is 13.5. The highest BCUT2D eigenvalue weighted by molar-refractivity contribution is 5.91. The smallest absolute Gasteiger partial charge is 0.230 e. The Hall–Kier alpha value is -1.42. The molecule has 2 aliphatic carbocycles. The van der Waals surface area contributed by atoms with Crippen LogP contribution in [-0.4, -0.2) is 18.5 Å². The molecule has 3 N–H and O–H groups in total. The lowest BCUT2D eigenvalue weighted by molar-refractivity contribution is -0.123. The second kappa shape index (κ2) is 4.60. The van der Waals surface area contributed by atoms with Gasteiger partial charge in [-0.2, -0.15) is 0 Å². The lowest BCUT2D eigenvalue weighted by Gasteiger charge is -2.18. The lowest BCUT2D eigenvalue weighted by Crippen LogP contribution is -2.43. The molecule has 0 spiro atoms. The average Bonchev–Trinajstić information content (AvgIpc) is 3.29. The van der Waals surface area contributed by atoms with Crippen LogP contribution < -0.4 is 11.1 Å². The van der Waals surface area contributed by atoms with E-state index in [-0.39, 0.29) is 17.8 Å². The maximum Gasteiger partial charge on any atom is 0.230 e. The maximum atomic E-state index is 13.8. The Bertz CT molecular complexity index is 495. The molecule has 3 rings (SSSR count). The van der Waals surface area contributed by atoms with Gasteiger partial charge in [0.1, 0.15) is 5.82 Å². The van der Waals surface area contributed by atoms with Crippen LogP contribution in [0.4, 0.5) is 4.39 Å². The van der Waals surface area contributed by atoms with E-state index in [0.717, 1.165) is 25.7 Å². The summed E-state index contributed by atoms with van der Waals surface area (Å²) in [5, 5.41) is 2.90. The molecule has 2 aliphatic rings. The number of amides is 1. The molecule has 2 saturated carbocycles. The molecule has 0 radical (unpaired) electrons. The summed E-state index contributed by atoms with van der Waals surface area (Å²) in [5.41, 5.74) is 5.85. The van der Waals surface area contributed by atoms with E-state index in [4.69, 9.17) is 5.73 Å². The fourth-order valence-corrected chi connectivity index (χ4v) is 2.66. The predicted octanol–water partition coefficient (Wildman–Crippen LogP) is 1.71. The van der Waals surface area contributed by atoms with Crippen molar-refractivity contribution in [2.45, 2.75) is 37.1 Å². The van der Waals surface area contributed by atoms with Crippen LogP contribution in [0.3, 0.4) is 0 Å². The fourth-order valence-electron chi connectivity index (χ4n) is 2.66. The molecule has 2 fully saturated rings. The van der Waals surface area contributed by atoms with Gasteiger partial charge in [0.25, 0.3) is 0 Å². The minimum absolute atomic E-state index is 0.0420. The first-order chi connectivity index (χ1) is 9.13. The van der Waals surface area contributed by atoms with E-state index in [1.165, 1.54) is 6.07 Å². The minimum atomic E-state index is -0.644. The van der Waals surface area contributed by atoms with E-state index < -0.39 is 5.41 Å². The average molecular weight is 262 g/mol. The third-order valence-corrected chi connectivity index (χ3v) is 4.30. The summed E-state index contributed by atoms with van der Waals surface area (Å²) in [7, 11) is 0. The summed E-state index contributed by atoms with van der Waals surface area (Å²) in [6.07, 6.45) is 3.77. The van der Waals surface area contributed by atoms with Crippen LogP contribution in [0.25, 0.3) is 0 Å². The van der Waals surface area contributed by atoms with Gasteiger partial charge in [0.15, 0.2) is 0 Å². The monoisotopic (exact) mass is 262 g/mol. The van der Waals surface area contributed by atoms with Crippen molar-refractivity contribution in [3.8, 4) is 0 Å². The van der Waals surface area contributed by atoms with Crippen molar-refractivity contribution in [1.29, 1.82) is 0 Å². The zero-order valence-electron chi connectivity index (χ0n) is 10.9. The van der Waals surface area contributed by atoms with Gasteiger partial charge in [0, 0.05) is 18.2 Å². The van der Waals surface area contributed by atoms with E-state index in [1.807, 2.05) is 0 Å². The Morgan fingerprint density at radius 2 is 2.11 bits per heavy atom. The number of rotatable bonds is 5. The molecular formula is C15H19FN2O. The number of carbonyl (C=O) groups excluding carboxylic acids is 1. The van der Waals surface area contributed by atoms with Gasteiger partial charge in [0.05, 0.1) is 5.41 Å². The molecule has 19 heavy (non-hydrogen) atoms. The number of hydrogen-bond acceptors (Lipinski definition) is 2. The number of hydrogen-bond donors (Lipinski definition) is 2. The SMILES string of the molecule is NC(CNC(=O)C1(c2ccccc2F)CC1)C1CC1. The Labute approximate surface area is 112 Å². The lowest BCUT2D eigenvalue weighted by atomic mass is 9.94. The summed E-state index contributed by atoms with van der Waals surface area (Å²) in [5.74, 6) is 0.194. The van der Waals surface area contributed by atoms with Crippen LogP contribution in [-0.2, 0) is 10.2 Å². The number of carbonyl (C=O) groups is 1. The number of nitrogens with two attached hydrogens (primary N) is 1. The van der Waals surface area contributed by atoms with Crippen molar-refractivity contribution in [3.05, 3.63) is 35.6 Å². The van der Waals surface area contributed by atoms with Gasteiger partial charge in [0.2, 0.25) is 5.91 Å². The molecule has 1 unspecified atom stereocenters. The van der Waals surface area contributed by atoms with Crippen LogP contribution >= 0.6 is 0 Å². The molecule has 0 saturated heterocycles. The van der Waals surface area contributed by atoms with Crippen molar-refractivity contribution in [3.63, 3.8) is 0 Å². The first kappa shape index (κ1) is 12.6. The molecule has 0 aromatic heterocycles. The van der Waals surface area contributed by atoms with Crippen LogP contribution in [0.5, 0.6) is 0 Å². The highest BCUT2D eigenvalue weighted by Crippen LogP contribution is 2.49. The molecule has 1 aromatic carbocycles.